The lowest BCUT2D eigenvalue weighted by Gasteiger charge is -2.29. The Morgan fingerprint density at radius 1 is 1.05 bits per heavy atom. The monoisotopic (exact) mass is 332 g/mol. The van der Waals surface area contributed by atoms with E-state index in [9.17, 15) is 13.2 Å². The molecule has 6 heteroatoms. The first-order chi connectivity index (χ1) is 10.4. The predicted octanol–water partition coefficient (Wildman–Crippen LogP) is 2.52. The molecular formula is C16H32N2O3S. The summed E-state index contributed by atoms with van der Waals surface area (Å²) in [5.41, 5.74) is 0. The van der Waals surface area contributed by atoms with Gasteiger partial charge in [-0.1, -0.05) is 45.4 Å². The molecule has 0 aromatic carbocycles. The van der Waals surface area contributed by atoms with E-state index in [4.69, 9.17) is 0 Å². The van der Waals surface area contributed by atoms with Crippen molar-refractivity contribution >= 4 is 15.9 Å². The fourth-order valence-electron chi connectivity index (χ4n) is 2.89. The fraction of sp³-hybridized carbons (Fsp3) is 0.938. The van der Waals surface area contributed by atoms with Crippen LogP contribution in [0, 0.1) is 5.92 Å². The summed E-state index contributed by atoms with van der Waals surface area (Å²) in [5, 5.41) is 3.00. The highest BCUT2D eigenvalue weighted by atomic mass is 32.2. The lowest BCUT2D eigenvalue weighted by Crippen LogP contribution is -2.42. The van der Waals surface area contributed by atoms with Gasteiger partial charge in [-0.05, 0) is 19.3 Å². The molecule has 5 nitrogen and oxygen atoms in total. The van der Waals surface area contributed by atoms with Gasteiger partial charge in [0.1, 0.15) is 0 Å². The third kappa shape index (κ3) is 7.58. The van der Waals surface area contributed by atoms with E-state index in [1.165, 1.54) is 49.1 Å². The minimum absolute atomic E-state index is 0.0254. The smallest absolute Gasteiger partial charge is 0.223 e. The highest BCUT2D eigenvalue weighted by Gasteiger charge is 2.28. The van der Waals surface area contributed by atoms with E-state index in [1.807, 2.05) is 0 Å². The van der Waals surface area contributed by atoms with Crippen LogP contribution in [-0.4, -0.2) is 44.5 Å². The third-order valence-electron chi connectivity index (χ3n) is 4.37. The van der Waals surface area contributed by atoms with E-state index in [2.05, 4.69) is 12.2 Å². The lowest BCUT2D eigenvalue weighted by atomic mass is 9.97. The van der Waals surface area contributed by atoms with Crippen LogP contribution in [0.1, 0.15) is 64.7 Å². The number of nitrogens with zero attached hydrogens (tertiary/aromatic N) is 1. The molecule has 130 valence electrons. The van der Waals surface area contributed by atoms with Crippen molar-refractivity contribution in [3.63, 3.8) is 0 Å². The second-order valence-corrected chi connectivity index (χ2v) is 8.33. The van der Waals surface area contributed by atoms with E-state index < -0.39 is 10.0 Å². The Labute approximate surface area is 135 Å². The van der Waals surface area contributed by atoms with Gasteiger partial charge in [0, 0.05) is 25.6 Å². The number of hydrogen-bond acceptors (Lipinski definition) is 3. The summed E-state index contributed by atoms with van der Waals surface area (Å²) >= 11 is 0. The Bertz CT molecular complexity index is 415. The zero-order valence-corrected chi connectivity index (χ0v) is 15.0. The molecule has 1 N–H and O–H groups in total. The van der Waals surface area contributed by atoms with Gasteiger partial charge in [0.15, 0.2) is 0 Å². The lowest BCUT2D eigenvalue weighted by molar-refractivity contribution is -0.126. The molecule has 0 aromatic heterocycles. The first kappa shape index (κ1) is 19.4. The summed E-state index contributed by atoms with van der Waals surface area (Å²) in [6, 6.07) is 0. The molecule has 1 fully saturated rings. The molecule has 0 bridgehead atoms. The van der Waals surface area contributed by atoms with Crippen molar-refractivity contribution in [2.24, 2.45) is 5.92 Å². The molecule has 0 radical (unpaired) electrons. The van der Waals surface area contributed by atoms with Crippen LogP contribution in [0.4, 0.5) is 0 Å². The molecule has 22 heavy (non-hydrogen) atoms. The van der Waals surface area contributed by atoms with Crippen molar-refractivity contribution < 1.29 is 13.2 Å². The van der Waals surface area contributed by atoms with Crippen LogP contribution >= 0.6 is 0 Å². The number of hydrogen-bond donors (Lipinski definition) is 1. The van der Waals surface area contributed by atoms with Crippen molar-refractivity contribution in [3.8, 4) is 0 Å². The average molecular weight is 333 g/mol. The van der Waals surface area contributed by atoms with Crippen LogP contribution in [0.3, 0.4) is 0 Å². The maximum atomic E-state index is 12.0. The van der Waals surface area contributed by atoms with Gasteiger partial charge in [0.2, 0.25) is 15.9 Å². The van der Waals surface area contributed by atoms with Crippen molar-refractivity contribution in [2.45, 2.75) is 64.7 Å². The molecule has 0 aromatic rings. The molecule has 0 unspecified atom stereocenters. The van der Waals surface area contributed by atoms with Crippen molar-refractivity contribution in [1.82, 2.24) is 9.62 Å². The molecule has 1 aliphatic heterocycles. The van der Waals surface area contributed by atoms with Gasteiger partial charge in [0.25, 0.3) is 0 Å². The number of carbonyl (C=O) groups is 1. The van der Waals surface area contributed by atoms with E-state index in [0.717, 1.165) is 13.0 Å². The van der Waals surface area contributed by atoms with E-state index in [0.29, 0.717) is 25.9 Å². The molecule has 1 heterocycles. The van der Waals surface area contributed by atoms with Crippen LogP contribution in [0.15, 0.2) is 0 Å². The third-order valence-corrected chi connectivity index (χ3v) is 5.68. The summed E-state index contributed by atoms with van der Waals surface area (Å²) in [6.07, 6.45) is 11.2. The summed E-state index contributed by atoms with van der Waals surface area (Å²) in [6.45, 7) is 3.90. The van der Waals surface area contributed by atoms with Crippen molar-refractivity contribution in [3.05, 3.63) is 0 Å². The second-order valence-electron chi connectivity index (χ2n) is 6.35. The molecule has 0 saturated carbocycles. The van der Waals surface area contributed by atoms with Crippen LogP contribution in [-0.2, 0) is 14.8 Å². The Hall–Kier alpha value is -0.620. The molecule has 0 aliphatic carbocycles. The minimum atomic E-state index is -3.11. The van der Waals surface area contributed by atoms with E-state index in [-0.39, 0.29) is 11.8 Å². The zero-order valence-electron chi connectivity index (χ0n) is 14.1. The molecule has 1 aliphatic rings. The highest BCUT2D eigenvalue weighted by Crippen LogP contribution is 2.19. The summed E-state index contributed by atoms with van der Waals surface area (Å²) in [5.74, 6) is 0.0710. The quantitative estimate of drug-likeness (QED) is 0.625. The highest BCUT2D eigenvalue weighted by molar-refractivity contribution is 7.88. The number of nitrogens with one attached hydrogen (secondary N) is 1. The Morgan fingerprint density at radius 2 is 1.59 bits per heavy atom. The SMILES string of the molecule is CCCCCCCCCNC(=O)C1CCN(S(C)(=O)=O)CC1. The van der Waals surface area contributed by atoms with Gasteiger partial charge in [-0.3, -0.25) is 4.79 Å². The average Bonchev–Trinajstić information content (AvgIpc) is 2.49. The molecule has 0 atom stereocenters. The van der Waals surface area contributed by atoms with Gasteiger partial charge in [0.05, 0.1) is 6.26 Å². The fourth-order valence-corrected chi connectivity index (χ4v) is 3.76. The number of amides is 1. The summed E-state index contributed by atoms with van der Waals surface area (Å²) in [7, 11) is -3.11. The van der Waals surface area contributed by atoms with Crippen LogP contribution in [0.2, 0.25) is 0 Å². The second kappa shape index (κ2) is 10.2. The van der Waals surface area contributed by atoms with E-state index >= 15 is 0 Å². The standard InChI is InChI=1S/C16H32N2O3S/c1-3-4-5-6-7-8-9-12-17-16(19)15-10-13-18(14-11-15)22(2,20)21/h15H,3-14H2,1-2H3,(H,17,19). The topological polar surface area (TPSA) is 66.5 Å². The Kier molecular flexibility index (Phi) is 9.02. The zero-order chi connectivity index (χ0) is 16.4. The largest absolute Gasteiger partial charge is 0.356 e. The van der Waals surface area contributed by atoms with Crippen molar-refractivity contribution in [2.75, 3.05) is 25.9 Å². The van der Waals surface area contributed by atoms with Gasteiger partial charge in [-0.2, -0.15) is 0 Å². The molecule has 1 saturated heterocycles. The van der Waals surface area contributed by atoms with Gasteiger partial charge in [-0.25, -0.2) is 12.7 Å². The number of sulfonamides is 1. The van der Waals surface area contributed by atoms with Crippen LogP contribution < -0.4 is 5.32 Å². The predicted molar refractivity (Wildman–Crippen MR) is 90.1 cm³/mol. The molecular weight excluding hydrogens is 300 g/mol. The first-order valence-electron chi connectivity index (χ1n) is 8.68. The first-order valence-corrected chi connectivity index (χ1v) is 10.5. The van der Waals surface area contributed by atoms with Crippen LogP contribution in [0.5, 0.6) is 0 Å². The van der Waals surface area contributed by atoms with Crippen molar-refractivity contribution in [1.29, 1.82) is 0 Å². The molecule has 1 amide bonds. The Balaban J connectivity index is 2.07. The number of rotatable bonds is 10. The summed E-state index contributed by atoms with van der Waals surface area (Å²) < 4.78 is 24.3. The molecule has 1 rings (SSSR count). The maximum absolute atomic E-state index is 12.0. The Morgan fingerprint density at radius 3 is 2.14 bits per heavy atom. The van der Waals surface area contributed by atoms with Gasteiger partial charge in [-0.15, -0.1) is 0 Å². The summed E-state index contributed by atoms with van der Waals surface area (Å²) in [4.78, 5) is 12.0. The normalized spacial score (nSPS) is 17.5. The maximum Gasteiger partial charge on any atom is 0.223 e. The van der Waals surface area contributed by atoms with Crippen LogP contribution in [0.25, 0.3) is 0 Å². The number of unbranched alkanes of at least 4 members (excludes halogenated alkanes) is 6. The van der Waals surface area contributed by atoms with E-state index in [1.54, 1.807) is 0 Å². The molecule has 0 spiro atoms. The van der Waals surface area contributed by atoms with Gasteiger partial charge >= 0.3 is 0 Å². The van der Waals surface area contributed by atoms with Gasteiger partial charge < -0.3 is 5.32 Å². The number of carbonyl (C=O) groups excluding carboxylic acids is 1. The minimum Gasteiger partial charge on any atom is -0.356 e. The number of piperidine rings is 1.